The van der Waals surface area contributed by atoms with E-state index in [0.717, 1.165) is 3.97 Å². The van der Waals surface area contributed by atoms with Crippen molar-refractivity contribution in [3.05, 3.63) is 18.7 Å². The summed E-state index contributed by atoms with van der Waals surface area (Å²) >= 11 is 0. The van der Waals surface area contributed by atoms with E-state index >= 15 is 0 Å². The molecule has 0 aliphatic heterocycles. The summed E-state index contributed by atoms with van der Waals surface area (Å²) in [5.41, 5.74) is 0. The van der Waals surface area contributed by atoms with Gasteiger partial charge in [0.15, 0.2) is 0 Å². The van der Waals surface area contributed by atoms with E-state index in [-0.39, 0.29) is 0 Å². The van der Waals surface area contributed by atoms with Crippen molar-refractivity contribution in [3.63, 3.8) is 0 Å². The standard InChI is InChI=1S/C4H7N3O2S/c1-5-10(8,9)7-3-2-6-4-7/h2-5H,1H3. The summed E-state index contributed by atoms with van der Waals surface area (Å²) in [4.78, 5) is 3.58. The normalized spacial score (nSPS) is 11.7. The molecule has 0 radical (unpaired) electrons. The van der Waals surface area contributed by atoms with Gasteiger partial charge in [-0.2, -0.15) is 8.42 Å². The van der Waals surface area contributed by atoms with Crippen LogP contribution in [0.2, 0.25) is 0 Å². The SMILES string of the molecule is CNS(=O)(=O)n1ccnc1. The Hall–Kier alpha value is -0.880. The van der Waals surface area contributed by atoms with E-state index in [0.29, 0.717) is 0 Å². The molecular weight excluding hydrogens is 154 g/mol. The van der Waals surface area contributed by atoms with Gasteiger partial charge in [-0.1, -0.05) is 0 Å². The van der Waals surface area contributed by atoms with Crippen molar-refractivity contribution < 1.29 is 8.42 Å². The van der Waals surface area contributed by atoms with Gasteiger partial charge >= 0.3 is 10.2 Å². The minimum absolute atomic E-state index is 0.993. The highest BCUT2D eigenvalue weighted by atomic mass is 32.2. The van der Waals surface area contributed by atoms with Gasteiger partial charge in [0, 0.05) is 19.4 Å². The average Bonchev–Trinajstić information content (AvgIpc) is 2.38. The minimum atomic E-state index is -3.35. The van der Waals surface area contributed by atoms with Gasteiger partial charge in [-0.05, 0) is 0 Å². The Morgan fingerprint density at radius 3 is 2.70 bits per heavy atom. The van der Waals surface area contributed by atoms with Crippen molar-refractivity contribution in [2.45, 2.75) is 0 Å². The number of imidazole rings is 1. The van der Waals surface area contributed by atoms with E-state index in [1.807, 2.05) is 0 Å². The molecule has 0 bridgehead atoms. The summed E-state index contributed by atoms with van der Waals surface area (Å²) in [6.45, 7) is 0. The number of hydrogen-bond acceptors (Lipinski definition) is 3. The van der Waals surface area contributed by atoms with Gasteiger partial charge in [0.05, 0.1) is 0 Å². The van der Waals surface area contributed by atoms with Crippen LogP contribution in [0.4, 0.5) is 0 Å². The molecule has 0 aliphatic rings. The maximum absolute atomic E-state index is 10.9. The number of rotatable bonds is 2. The van der Waals surface area contributed by atoms with Crippen molar-refractivity contribution in [1.82, 2.24) is 13.7 Å². The zero-order valence-electron chi connectivity index (χ0n) is 5.35. The average molecular weight is 161 g/mol. The lowest BCUT2D eigenvalue weighted by Gasteiger charge is -1.99. The Bertz CT molecular complexity index is 288. The van der Waals surface area contributed by atoms with Crippen molar-refractivity contribution in [1.29, 1.82) is 0 Å². The molecule has 0 saturated heterocycles. The first-order valence-corrected chi connectivity index (χ1v) is 4.03. The van der Waals surface area contributed by atoms with Crippen LogP contribution in [0.5, 0.6) is 0 Å². The molecule has 1 rings (SSSR count). The zero-order valence-corrected chi connectivity index (χ0v) is 6.17. The van der Waals surface area contributed by atoms with Crippen LogP contribution in [0.3, 0.4) is 0 Å². The smallest absolute Gasteiger partial charge is 0.244 e. The van der Waals surface area contributed by atoms with Crippen LogP contribution in [-0.2, 0) is 10.2 Å². The molecule has 0 unspecified atom stereocenters. The number of nitrogens with one attached hydrogen (secondary N) is 1. The summed E-state index contributed by atoms with van der Waals surface area (Å²) in [6.07, 6.45) is 3.96. The van der Waals surface area contributed by atoms with Crippen LogP contribution in [-0.4, -0.2) is 24.4 Å². The summed E-state index contributed by atoms with van der Waals surface area (Å²) in [7, 11) is -2.01. The summed E-state index contributed by atoms with van der Waals surface area (Å²) < 4.78 is 24.9. The first kappa shape index (κ1) is 7.23. The first-order chi connectivity index (χ1) is 4.67. The Morgan fingerprint density at radius 1 is 1.60 bits per heavy atom. The zero-order chi connectivity index (χ0) is 7.61. The summed E-state index contributed by atoms with van der Waals surface area (Å²) in [6, 6.07) is 0. The second-order valence-electron chi connectivity index (χ2n) is 1.60. The minimum Gasteiger partial charge on any atom is -0.244 e. The number of aromatic nitrogens is 2. The van der Waals surface area contributed by atoms with Gasteiger partial charge in [0.25, 0.3) is 0 Å². The largest absolute Gasteiger partial charge is 0.305 e. The topological polar surface area (TPSA) is 64.0 Å². The van der Waals surface area contributed by atoms with E-state index in [2.05, 4.69) is 9.71 Å². The molecule has 56 valence electrons. The Balaban J connectivity index is 3.09. The maximum Gasteiger partial charge on any atom is 0.305 e. The molecule has 0 fully saturated rings. The third-order valence-electron chi connectivity index (χ3n) is 1.02. The molecule has 1 heterocycles. The Morgan fingerprint density at radius 2 is 2.30 bits per heavy atom. The Labute approximate surface area is 58.9 Å². The molecule has 0 atom stereocenters. The highest BCUT2D eigenvalue weighted by Gasteiger charge is 2.06. The highest BCUT2D eigenvalue weighted by molar-refractivity contribution is 7.87. The van der Waals surface area contributed by atoms with Gasteiger partial charge in [-0.15, -0.1) is 0 Å². The fourth-order valence-corrected chi connectivity index (χ4v) is 1.10. The lowest BCUT2D eigenvalue weighted by molar-refractivity contribution is 0.579. The fourth-order valence-electron chi connectivity index (χ4n) is 0.494. The molecule has 1 N–H and O–H groups in total. The first-order valence-electron chi connectivity index (χ1n) is 2.59. The van der Waals surface area contributed by atoms with Crippen LogP contribution >= 0.6 is 0 Å². The second-order valence-corrected chi connectivity index (χ2v) is 3.38. The number of hydrogen-bond donors (Lipinski definition) is 1. The van der Waals surface area contributed by atoms with E-state index in [1.54, 1.807) is 0 Å². The van der Waals surface area contributed by atoms with Crippen molar-refractivity contribution in [2.75, 3.05) is 7.05 Å². The lowest BCUT2D eigenvalue weighted by Crippen LogP contribution is -2.24. The molecule has 0 aromatic carbocycles. The number of nitrogens with zero attached hydrogens (tertiary/aromatic N) is 2. The third-order valence-corrected chi connectivity index (χ3v) is 2.30. The van der Waals surface area contributed by atoms with E-state index in [9.17, 15) is 8.42 Å². The van der Waals surface area contributed by atoms with Crippen LogP contribution in [0.15, 0.2) is 18.7 Å². The Kier molecular flexibility index (Phi) is 1.73. The maximum atomic E-state index is 10.9. The second kappa shape index (κ2) is 2.39. The quantitative estimate of drug-likeness (QED) is 0.617. The molecule has 5 nitrogen and oxygen atoms in total. The fraction of sp³-hybridized carbons (Fsp3) is 0.250. The predicted molar refractivity (Wildman–Crippen MR) is 35.6 cm³/mol. The highest BCUT2D eigenvalue weighted by Crippen LogP contribution is 1.89. The van der Waals surface area contributed by atoms with Crippen LogP contribution in [0, 0.1) is 0 Å². The van der Waals surface area contributed by atoms with Crippen LogP contribution < -0.4 is 4.72 Å². The monoisotopic (exact) mass is 161 g/mol. The molecule has 0 aliphatic carbocycles. The molecule has 0 saturated carbocycles. The van der Waals surface area contributed by atoms with Crippen molar-refractivity contribution in [3.8, 4) is 0 Å². The van der Waals surface area contributed by atoms with E-state index < -0.39 is 10.2 Å². The van der Waals surface area contributed by atoms with Crippen molar-refractivity contribution >= 4 is 10.2 Å². The summed E-state index contributed by atoms with van der Waals surface area (Å²) in [5.74, 6) is 0. The molecule has 1 aromatic heterocycles. The predicted octanol–water partition coefficient (Wildman–Crippen LogP) is -0.805. The molecular formula is C4H7N3O2S. The summed E-state index contributed by atoms with van der Waals surface area (Å²) in [5, 5.41) is 0. The third kappa shape index (κ3) is 1.17. The van der Waals surface area contributed by atoms with Gasteiger partial charge in [0.1, 0.15) is 6.33 Å². The van der Waals surface area contributed by atoms with E-state index in [1.165, 1.54) is 25.8 Å². The van der Waals surface area contributed by atoms with Gasteiger partial charge in [0.2, 0.25) is 0 Å². The van der Waals surface area contributed by atoms with Crippen LogP contribution in [0.1, 0.15) is 0 Å². The molecule has 1 aromatic rings. The molecule has 6 heteroatoms. The lowest BCUT2D eigenvalue weighted by atomic mass is 11.0. The van der Waals surface area contributed by atoms with Gasteiger partial charge in [-0.3, -0.25) is 0 Å². The van der Waals surface area contributed by atoms with Crippen LogP contribution in [0.25, 0.3) is 0 Å². The molecule has 10 heavy (non-hydrogen) atoms. The van der Waals surface area contributed by atoms with Crippen molar-refractivity contribution in [2.24, 2.45) is 0 Å². The molecule has 0 amide bonds. The van der Waals surface area contributed by atoms with Gasteiger partial charge in [-0.25, -0.2) is 13.7 Å². The molecule has 0 spiro atoms. The van der Waals surface area contributed by atoms with Gasteiger partial charge < -0.3 is 0 Å². The van der Waals surface area contributed by atoms with E-state index in [4.69, 9.17) is 0 Å².